The smallest absolute Gasteiger partial charge is 0.222 e. The molecule has 2 aliphatic rings. The number of unbranched alkanes of at least 4 members (excludes halogenated alkanes) is 2. The highest BCUT2D eigenvalue weighted by Gasteiger charge is 2.42. The van der Waals surface area contributed by atoms with Gasteiger partial charge in [-0.3, -0.25) is 4.79 Å². The number of hydrogen-bond acceptors (Lipinski definition) is 3. The van der Waals surface area contributed by atoms with Crippen molar-refractivity contribution in [2.24, 2.45) is 17.8 Å². The van der Waals surface area contributed by atoms with Gasteiger partial charge in [0.25, 0.3) is 0 Å². The summed E-state index contributed by atoms with van der Waals surface area (Å²) < 4.78 is 0. The second-order valence-corrected chi connectivity index (χ2v) is 9.47. The first-order valence-corrected chi connectivity index (χ1v) is 11.4. The normalized spacial score (nSPS) is 28.7. The Morgan fingerprint density at radius 1 is 1.31 bits per heavy atom. The predicted octanol–water partition coefficient (Wildman–Crippen LogP) is 4.63. The van der Waals surface area contributed by atoms with Gasteiger partial charge >= 0.3 is 0 Å². The van der Waals surface area contributed by atoms with Gasteiger partial charge in [0.1, 0.15) is 0 Å². The predicted molar refractivity (Wildman–Crippen MR) is 119 cm³/mol. The molecule has 0 heterocycles. The monoisotopic (exact) mass is 403 g/mol. The van der Waals surface area contributed by atoms with Gasteiger partial charge < -0.3 is 15.1 Å². The van der Waals surface area contributed by atoms with Gasteiger partial charge in [-0.15, -0.1) is 0 Å². The van der Waals surface area contributed by atoms with Gasteiger partial charge in [0.15, 0.2) is 0 Å². The molecule has 1 fully saturated rings. The summed E-state index contributed by atoms with van der Waals surface area (Å²) in [5.74, 6) is 1.29. The summed E-state index contributed by atoms with van der Waals surface area (Å²) in [6, 6.07) is 0. The number of rotatable bonds is 11. The standard InChI is InChI=1S/C25H41NO3/c1-5-6-14-25(2,29)15-10-12-21-22-17-19(16-20(22)18-23(21)27)11-8-7-9-13-24(28)26(3)4/h8,10-12,16,20-23,27,29H,5-7,9,13-15,17-18H2,1-4H3/b11-8-,12-10+/t20-,21+,22-,23+,25-/m0/s1. The first-order valence-electron chi connectivity index (χ1n) is 11.4. The van der Waals surface area contributed by atoms with Crippen LogP contribution in [0.2, 0.25) is 0 Å². The van der Waals surface area contributed by atoms with Crippen LogP contribution in [-0.2, 0) is 4.79 Å². The van der Waals surface area contributed by atoms with E-state index in [2.05, 4.69) is 37.3 Å². The minimum atomic E-state index is -0.648. The second kappa shape index (κ2) is 11.1. The van der Waals surface area contributed by atoms with Gasteiger partial charge in [0.05, 0.1) is 11.7 Å². The van der Waals surface area contributed by atoms with Crippen LogP contribution in [0.15, 0.2) is 36.0 Å². The van der Waals surface area contributed by atoms with Crippen molar-refractivity contribution in [3.8, 4) is 0 Å². The third kappa shape index (κ3) is 7.42. The van der Waals surface area contributed by atoms with E-state index in [1.54, 1.807) is 19.0 Å². The van der Waals surface area contributed by atoms with Gasteiger partial charge in [-0.05, 0) is 57.3 Å². The van der Waals surface area contributed by atoms with Gasteiger partial charge in [0, 0.05) is 26.4 Å². The quantitative estimate of drug-likeness (QED) is 0.390. The molecule has 2 N–H and O–H groups in total. The summed E-state index contributed by atoms with van der Waals surface area (Å²) in [6.45, 7) is 4.05. The maximum atomic E-state index is 11.6. The maximum absolute atomic E-state index is 11.6. The molecule has 0 spiro atoms. The van der Waals surface area contributed by atoms with Crippen molar-refractivity contribution < 1.29 is 15.0 Å². The lowest BCUT2D eigenvalue weighted by atomic mass is 9.88. The number of carbonyl (C=O) groups excluding carboxylic acids is 1. The molecule has 29 heavy (non-hydrogen) atoms. The molecular weight excluding hydrogens is 362 g/mol. The number of aliphatic hydroxyl groups excluding tert-OH is 1. The van der Waals surface area contributed by atoms with Crippen molar-refractivity contribution in [2.75, 3.05) is 14.1 Å². The van der Waals surface area contributed by atoms with Crippen LogP contribution >= 0.6 is 0 Å². The van der Waals surface area contributed by atoms with Gasteiger partial charge in [-0.1, -0.05) is 55.7 Å². The van der Waals surface area contributed by atoms with E-state index in [0.717, 1.165) is 44.9 Å². The van der Waals surface area contributed by atoms with Crippen molar-refractivity contribution in [2.45, 2.75) is 83.3 Å². The highest BCUT2D eigenvalue weighted by atomic mass is 16.3. The topological polar surface area (TPSA) is 60.8 Å². The second-order valence-electron chi connectivity index (χ2n) is 9.47. The third-order valence-corrected chi connectivity index (χ3v) is 6.48. The van der Waals surface area contributed by atoms with Crippen LogP contribution in [0.25, 0.3) is 0 Å². The van der Waals surface area contributed by atoms with Crippen LogP contribution in [0.5, 0.6) is 0 Å². The fourth-order valence-corrected chi connectivity index (χ4v) is 4.64. The van der Waals surface area contributed by atoms with Crippen LogP contribution in [0.1, 0.15) is 71.6 Å². The summed E-state index contributed by atoms with van der Waals surface area (Å²) in [7, 11) is 3.59. The molecule has 0 bridgehead atoms. The lowest BCUT2D eigenvalue weighted by Gasteiger charge is -2.22. The first-order chi connectivity index (χ1) is 13.7. The van der Waals surface area contributed by atoms with Gasteiger partial charge in [0.2, 0.25) is 5.91 Å². The van der Waals surface area contributed by atoms with Crippen molar-refractivity contribution in [3.05, 3.63) is 36.0 Å². The zero-order chi connectivity index (χ0) is 21.4. The fraction of sp³-hybridized carbons (Fsp3) is 0.720. The largest absolute Gasteiger partial charge is 0.392 e. The molecule has 1 saturated carbocycles. The molecule has 0 aromatic rings. The lowest BCUT2D eigenvalue weighted by molar-refractivity contribution is -0.128. The zero-order valence-corrected chi connectivity index (χ0v) is 18.8. The van der Waals surface area contributed by atoms with E-state index < -0.39 is 5.60 Å². The van der Waals surface area contributed by atoms with Gasteiger partial charge in [-0.25, -0.2) is 0 Å². The highest BCUT2D eigenvalue weighted by Crippen LogP contribution is 2.47. The Bertz CT molecular complexity index is 618. The minimum absolute atomic E-state index is 0.182. The fourth-order valence-electron chi connectivity index (χ4n) is 4.64. The van der Waals surface area contributed by atoms with E-state index >= 15 is 0 Å². The Morgan fingerprint density at radius 3 is 2.76 bits per heavy atom. The summed E-state index contributed by atoms with van der Waals surface area (Å²) in [6.07, 6.45) is 18.6. The highest BCUT2D eigenvalue weighted by molar-refractivity contribution is 5.75. The molecule has 0 aromatic heterocycles. The number of carbonyl (C=O) groups is 1. The molecule has 0 saturated heterocycles. The zero-order valence-electron chi connectivity index (χ0n) is 18.8. The molecule has 2 aliphatic carbocycles. The summed E-state index contributed by atoms with van der Waals surface area (Å²) in [5, 5.41) is 21.0. The van der Waals surface area contributed by atoms with Crippen LogP contribution in [0.3, 0.4) is 0 Å². The molecule has 4 nitrogen and oxygen atoms in total. The first kappa shape index (κ1) is 23.9. The summed E-state index contributed by atoms with van der Waals surface area (Å²) in [5.41, 5.74) is 0.713. The minimum Gasteiger partial charge on any atom is -0.392 e. The van der Waals surface area contributed by atoms with Crippen molar-refractivity contribution >= 4 is 5.91 Å². The van der Waals surface area contributed by atoms with Crippen LogP contribution < -0.4 is 0 Å². The van der Waals surface area contributed by atoms with Crippen molar-refractivity contribution in [1.29, 1.82) is 0 Å². The molecule has 0 aliphatic heterocycles. The van der Waals surface area contributed by atoms with E-state index in [9.17, 15) is 15.0 Å². The lowest BCUT2D eigenvalue weighted by Crippen LogP contribution is -2.23. The number of nitrogens with zero attached hydrogens (tertiary/aromatic N) is 1. The summed E-state index contributed by atoms with van der Waals surface area (Å²) in [4.78, 5) is 13.3. The van der Waals surface area contributed by atoms with Gasteiger partial charge in [-0.2, -0.15) is 0 Å². The maximum Gasteiger partial charge on any atom is 0.222 e. The van der Waals surface area contributed by atoms with E-state index in [0.29, 0.717) is 24.7 Å². The van der Waals surface area contributed by atoms with Crippen LogP contribution in [-0.4, -0.2) is 46.8 Å². The summed E-state index contributed by atoms with van der Waals surface area (Å²) >= 11 is 0. The molecule has 164 valence electrons. The van der Waals surface area contributed by atoms with Crippen molar-refractivity contribution in [1.82, 2.24) is 4.90 Å². The Hall–Kier alpha value is -1.39. The van der Waals surface area contributed by atoms with E-state index in [1.807, 2.05) is 6.92 Å². The van der Waals surface area contributed by atoms with Crippen molar-refractivity contribution in [3.63, 3.8) is 0 Å². The molecule has 1 amide bonds. The number of hydrogen-bond donors (Lipinski definition) is 2. The Kier molecular flexibility index (Phi) is 9.16. The molecule has 0 aromatic carbocycles. The SMILES string of the molecule is CCCC[C@](C)(O)C/C=C/[C@@H]1[C@H]2CC(/C=C\CCCC(=O)N(C)C)=C[C@H]2C[C@H]1O. The molecule has 0 unspecified atom stereocenters. The number of fused-ring (bicyclic) bond motifs is 1. The number of aliphatic hydroxyl groups is 2. The Labute approximate surface area is 177 Å². The Morgan fingerprint density at radius 2 is 2.07 bits per heavy atom. The van der Waals surface area contributed by atoms with E-state index in [-0.39, 0.29) is 17.9 Å². The number of amides is 1. The third-order valence-electron chi connectivity index (χ3n) is 6.48. The Balaban J connectivity index is 1.80. The number of allylic oxidation sites excluding steroid dienone is 4. The average molecular weight is 404 g/mol. The molecule has 4 heteroatoms. The van der Waals surface area contributed by atoms with E-state index in [1.165, 1.54) is 5.57 Å². The van der Waals surface area contributed by atoms with Crippen LogP contribution in [0.4, 0.5) is 0 Å². The molecule has 5 atom stereocenters. The molecular formula is C25H41NO3. The van der Waals surface area contributed by atoms with Crippen LogP contribution in [0, 0.1) is 17.8 Å². The average Bonchev–Trinajstić information content (AvgIpc) is 3.17. The van der Waals surface area contributed by atoms with E-state index in [4.69, 9.17) is 0 Å². The molecule has 2 rings (SSSR count). The molecule has 0 radical (unpaired) electrons.